The number of aromatic nitrogens is 3. The van der Waals surface area contributed by atoms with Gasteiger partial charge in [0.1, 0.15) is 6.33 Å². The minimum Gasteiger partial charge on any atom is -0.518 e. The SMILES string of the molecule is CC(=O)Nc1ncnc(O[Si](C)(C)C)n1. The molecule has 0 aliphatic carbocycles. The van der Waals surface area contributed by atoms with E-state index in [1.54, 1.807) is 0 Å². The molecule has 1 amide bonds. The van der Waals surface area contributed by atoms with Gasteiger partial charge in [0.05, 0.1) is 0 Å². The highest BCUT2D eigenvalue weighted by molar-refractivity contribution is 6.70. The van der Waals surface area contributed by atoms with Crippen LogP contribution in [0.1, 0.15) is 6.92 Å². The largest absolute Gasteiger partial charge is 0.518 e. The summed E-state index contributed by atoms with van der Waals surface area (Å²) in [6.07, 6.45) is 1.31. The third-order valence-electron chi connectivity index (χ3n) is 1.24. The van der Waals surface area contributed by atoms with Crippen LogP contribution in [0, 0.1) is 0 Å². The molecule has 1 aromatic rings. The van der Waals surface area contributed by atoms with Gasteiger partial charge in [-0.1, -0.05) is 0 Å². The van der Waals surface area contributed by atoms with Crippen molar-refractivity contribution in [2.24, 2.45) is 0 Å². The smallest absolute Gasteiger partial charge is 0.307 e. The molecule has 15 heavy (non-hydrogen) atoms. The summed E-state index contributed by atoms with van der Waals surface area (Å²) in [6.45, 7) is 7.46. The molecular weight excluding hydrogens is 212 g/mol. The monoisotopic (exact) mass is 226 g/mol. The summed E-state index contributed by atoms with van der Waals surface area (Å²) in [4.78, 5) is 22.4. The highest BCUT2D eigenvalue weighted by Gasteiger charge is 2.18. The van der Waals surface area contributed by atoms with Crippen LogP contribution in [0.25, 0.3) is 0 Å². The van der Waals surface area contributed by atoms with Crippen LogP contribution >= 0.6 is 0 Å². The lowest BCUT2D eigenvalue weighted by molar-refractivity contribution is -0.114. The first-order valence-corrected chi connectivity index (χ1v) is 7.93. The number of rotatable bonds is 3. The van der Waals surface area contributed by atoms with Gasteiger partial charge < -0.3 is 4.43 Å². The van der Waals surface area contributed by atoms with Crippen molar-refractivity contribution in [2.75, 3.05) is 5.32 Å². The van der Waals surface area contributed by atoms with Crippen LogP contribution in [-0.4, -0.2) is 29.2 Å². The van der Waals surface area contributed by atoms with Gasteiger partial charge in [0, 0.05) is 6.92 Å². The molecule has 0 spiro atoms. The Morgan fingerprint density at radius 1 is 1.40 bits per heavy atom. The van der Waals surface area contributed by atoms with E-state index in [1.807, 2.05) is 19.6 Å². The van der Waals surface area contributed by atoms with Gasteiger partial charge >= 0.3 is 6.01 Å². The predicted octanol–water partition coefficient (Wildman–Crippen LogP) is 1.04. The molecule has 1 heterocycles. The molecule has 82 valence electrons. The minimum absolute atomic E-state index is 0.214. The summed E-state index contributed by atoms with van der Waals surface area (Å²) in [6, 6.07) is 0.257. The Hall–Kier alpha value is -1.50. The molecule has 0 aliphatic heterocycles. The maximum atomic E-state index is 10.8. The van der Waals surface area contributed by atoms with Crippen LogP contribution < -0.4 is 9.74 Å². The Kier molecular flexibility index (Phi) is 3.35. The maximum Gasteiger partial charge on any atom is 0.307 e. The van der Waals surface area contributed by atoms with Crippen molar-refractivity contribution in [3.05, 3.63) is 6.33 Å². The summed E-state index contributed by atoms with van der Waals surface area (Å²) >= 11 is 0. The van der Waals surface area contributed by atoms with Crippen LogP contribution in [0.3, 0.4) is 0 Å². The van der Waals surface area contributed by atoms with Crippen molar-refractivity contribution in [1.29, 1.82) is 0 Å². The number of nitrogens with zero attached hydrogens (tertiary/aromatic N) is 3. The molecule has 0 saturated heterocycles. The molecule has 7 heteroatoms. The third kappa shape index (κ3) is 4.50. The lowest BCUT2D eigenvalue weighted by atomic mass is 10.7. The van der Waals surface area contributed by atoms with Crippen LogP contribution in [0.15, 0.2) is 6.33 Å². The molecular formula is C8H14N4O2Si. The Bertz CT molecular complexity index is 364. The number of anilines is 1. The third-order valence-corrected chi connectivity index (χ3v) is 2.03. The zero-order valence-electron chi connectivity index (χ0n) is 9.24. The van der Waals surface area contributed by atoms with Crippen LogP contribution in [0.4, 0.5) is 5.95 Å². The normalized spacial score (nSPS) is 10.9. The second kappa shape index (κ2) is 4.35. The number of carbonyl (C=O) groups is 1. The molecule has 1 N–H and O–H groups in total. The number of hydrogen-bond acceptors (Lipinski definition) is 5. The van der Waals surface area contributed by atoms with Crippen molar-refractivity contribution in [3.8, 4) is 6.01 Å². The van der Waals surface area contributed by atoms with Crippen LogP contribution in [-0.2, 0) is 4.79 Å². The summed E-state index contributed by atoms with van der Waals surface area (Å²) in [5, 5.41) is 2.47. The predicted molar refractivity (Wildman–Crippen MR) is 58.1 cm³/mol. The van der Waals surface area contributed by atoms with E-state index >= 15 is 0 Å². The average molecular weight is 226 g/mol. The number of hydrogen-bond donors (Lipinski definition) is 1. The highest BCUT2D eigenvalue weighted by Crippen LogP contribution is 2.10. The Morgan fingerprint density at radius 2 is 2.07 bits per heavy atom. The van der Waals surface area contributed by atoms with E-state index in [2.05, 4.69) is 20.3 Å². The second-order valence-corrected chi connectivity index (χ2v) is 8.42. The van der Waals surface area contributed by atoms with Gasteiger partial charge in [-0.2, -0.15) is 9.97 Å². The first-order chi connectivity index (χ1) is 6.87. The molecule has 0 radical (unpaired) electrons. The van der Waals surface area contributed by atoms with Gasteiger partial charge in [-0.3, -0.25) is 10.1 Å². The van der Waals surface area contributed by atoms with Gasteiger partial charge in [-0.15, -0.1) is 0 Å². The first kappa shape index (κ1) is 11.6. The quantitative estimate of drug-likeness (QED) is 0.779. The molecule has 6 nitrogen and oxygen atoms in total. The fourth-order valence-electron chi connectivity index (χ4n) is 0.822. The standard InChI is InChI=1S/C8H14N4O2Si/c1-6(13)11-7-9-5-10-8(12-7)14-15(2,3)4/h5H,1-4H3,(H,9,10,11,12,13). The van der Waals surface area contributed by atoms with E-state index in [0.29, 0.717) is 0 Å². The Morgan fingerprint density at radius 3 is 2.60 bits per heavy atom. The second-order valence-electron chi connectivity index (χ2n) is 3.99. The van der Waals surface area contributed by atoms with E-state index < -0.39 is 8.32 Å². The van der Waals surface area contributed by atoms with E-state index in [9.17, 15) is 4.79 Å². The number of amides is 1. The summed E-state index contributed by atoms with van der Waals surface area (Å²) in [7, 11) is -1.73. The Balaban J connectivity index is 2.79. The summed E-state index contributed by atoms with van der Waals surface area (Å²) in [5.41, 5.74) is 0. The number of carbonyl (C=O) groups excluding carboxylic acids is 1. The van der Waals surface area contributed by atoms with Gasteiger partial charge in [0.15, 0.2) is 0 Å². The molecule has 1 rings (SSSR count). The molecule has 0 unspecified atom stereocenters. The topological polar surface area (TPSA) is 77.0 Å². The van der Waals surface area contributed by atoms with Crippen molar-refractivity contribution in [2.45, 2.75) is 26.6 Å². The van der Waals surface area contributed by atoms with E-state index in [0.717, 1.165) is 0 Å². The van der Waals surface area contributed by atoms with Gasteiger partial charge in [-0.05, 0) is 19.6 Å². The van der Waals surface area contributed by atoms with Crippen LogP contribution in [0.2, 0.25) is 19.6 Å². The Labute approximate surface area is 89.2 Å². The lowest BCUT2D eigenvalue weighted by Crippen LogP contribution is -2.30. The van der Waals surface area contributed by atoms with Crippen molar-refractivity contribution < 1.29 is 9.22 Å². The zero-order chi connectivity index (χ0) is 11.5. The first-order valence-electron chi connectivity index (χ1n) is 4.52. The average Bonchev–Trinajstić information content (AvgIpc) is 1.99. The molecule has 0 saturated carbocycles. The molecule has 0 aliphatic rings. The van der Waals surface area contributed by atoms with Gasteiger partial charge in [0.25, 0.3) is 0 Å². The van der Waals surface area contributed by atoms with Crippen LogP contribution in [0.5, 0.6) is 6.01 Å². The van der Waals surface area contributed by atoms with E-state index in [1.165, 1.54) is 13.3 Å². The molecule has 0 aromatic carbocycles. The lowest BCUT2D eigenvalue weighted by Gasteiger charge is -2.16. The fraction of sp³-hybridized carbons (Fsp3) is 0.500. The van der Waals surface area contributed by atoms with E-state index in [4.69, 9.17) is 4.43 Å². The van der Waals surface area contributed by atoms with Crippen molar-refractivity contribution >= 4 is 20.2 Å². The minimum atomic E-state index is -1.73. The molecule has 0 fully saturated rings. The maximum absolute atomic E-state index is 10.8. The van der Waals surface area contributed by atoms with E-state index in [-0.39, 0.29) is 17.9 Å². The van der Waals surface area contributed by atoms with Gasteiger partial charge in [-0.25, -0.2) is 4.98 Å². The molecule has 0 bridgehead atoms. The number of nitrogens with one attached hydrogen (secondary N) is 1. The highest BCUT2D eigenvalue weighted by atomic mass is 28.4. The fourth-order valence-corrected chi connectivity index (χ4v) is 1.47. The summed E-state index contributed by atoms with van der Waals surface area (Å²) in [5.74, 6) is -0.00842. The summed E-state index contributed by atoms with van der Waals surface area (Å²) < 4.78 is 5.55. The van der Waals surface area contributed by atoms with Gasteiger partial charge in [0.2, 0.25) is 20.2 Å². The molecule has 1 aromatic heterocycles. The molecule has 0 atom stereocenters. The zero-order valence-corrected chi connectivity index (χ0v) is 10.2. The van der Waals surface area contributed by atoms with Crippen molar-refractivity contribution in [3.63, 3.8) is 0 Å². The van der Waals surface area contributed by atoms with Crippen molar-refractivity contribution in [1.82, 2.24) is 15.0 Å².